The second kappa shape index (κ2) is 6.19. The van der Waals surface area contributed by atoms with Gasteiger partial charge in [-0.25, -0.2) is 4.39 Å². The SMILES string of the molecule is CCC1CCCCCN1Cc1ccc(N)c(F)c1. The molecule has 0 bridgehead atoms. The van der Waals surface area contributed by atoms with Gasteiger partial charge in [0.25, 0.3) is 0 Å². The third-order valence-corrected chi connectivity index (χ3v) is 3.92. The lowest BCUT2D eigenvalue weighted by Gasteiger charge is -2.29. The van der Waals surface area contributed by atoms with E-state index in [1.54, 1.807) is 12.1 Å². The number of hydrogen-bond donors (Lipinski definition) is 1. The fraction of sp³-hybridized carbons (Fsp3) is 0.600. The number of likely N-dealkylation sites (tertiary alicyclic amines) is 1. The number of benzene rings is 1. The van der Waals surface area contributed by atoms with Crippen molar-refractivity contribution in [2.75, 3.05) is 12.3 Å². The molecule has 0 radical (unpaired) electrons. The monoisotopic (exact) mass is 250 g/mol. The molecule has 0 aliphatic carbocycles. The summed E-state index contributed by atoms with van der Waals surface area (Å²) in [6.07, 6.45) is 6.35. The molecule has 2 rings (SSSR count). The molecule has 1 saturated heterocycles. The van der Waals surface area contributed by atoms with Crippen LogP contribution in [0.15, 0.2) is 18.2 Å². The van der Waals surface area contributed by atoms with Crippen LogP contribution in [0, 0.1) is 5.82 Å². The number of rotatable bonds is 3. The normalized spacial score (nSPS) is 21.8. The molecule has 0 spiro atoms. The lowest BCUT2D eigenvalue weighted by Crippen LogP contribution is -2.33. The molecule has 0 aromatic heterocycles. The van der Waals surface area contributed by atoms with Gasteiger partial charge in [-0.1, -0.05) is 25.8 Å². The van der Waals surface area contributed by atoms with Gasteiger partial charge in [-0.3, -0.25) is 4.90 Å². The van der Waals surface area contributed by atoms with E-state index in [1.807, 2.05) is 6.07 Å². The first-order chi connectivity index (χ1) is 8.70. The highest BCUT2D eigenvalue weighted by Crippen LogP contribution is 2.22. The number of halogens is 1. The Morgan fingerprint density at radius 2 is 2.17 bits per heavy atom. The number of nitrogens with two attached hydrogens (primary N) is 1. The van der Waals surface area contributed by atoms with E-state index in [-0.39, 0.29) is 11.5 Å². The molecule has 1 fully saturated rings. The minimum atomic E-state index is -0.296. The highest BCUT2D eigenvalue weighted by Gasteiger charge is 2.19. The van der Waals surface area contributed by atoms with E-state index in [0.29, 0.717) is 6.04 Å². The second-order valence-electron chi connectivity index (χ2n) is 5.24. The van der Waals surface area contributed by atoms with Crippen molar-refractivity contribution in [3.63, 3.8) is 0 Å². The third-order valence-electron chi connectivity index (χ3n) is 3.92. The summed E-state index contributed by atoms with van der Waals surface area (Å²) in [5.74, 6) is -0.296. The molecule has 100 valence electrons. The van der Waals surface area contributed by atoms with Crippen molar-refractivity contribution in [2.45, 2.75) is 51.6 Å². The molecule has 1 unspecified atom stereocenters. The fourth-order valence-corrected chi connectivity index (χ4v) is 2.81. The van der Waals surface area contributed by atoms with E-state index in [9.17, 15) is 4.39 Å². The van der Waals surface area contributed by atoms with E-state index in [4.69, 9.17) is 5.73 Å². The van der Waals surface area contributed by atoms with Crippen LogP contribution in [0.2, 0.25) is 0 Å². The lowest BCUT2D eigenvalue weighted by atomic mass is 10.1. The summed E-state index contributed by atoms with van der Waals surface area (Å²) >= 11 is 0. The van der Waals surface area contributed by atoms with Gasteiger partial charge in [-0.2, -0.15) is 0 Å². The van der Waals surface area contributed by atoms with Crippen molar-refractivity contribution < 1.29 is 4.39 Å². The smallest absolute Gasteiger partial charge is 0.146 e. The molecule has 1 heterocycles. The summed E-state index contributed by atoms with van der Waals surface area (Å²) in [5, 5.41) is 0. The molecule has 2 nitrogen and oxygen atoms in total. The van der Waals surface area contributed by atoms with Crippen LogP contribution in [-0.4, -0.2) is 17.5 Å². The quantitative estimate of drug-likeness (QED) is 0.831. The highest BCUT2D eigenvalue weighted by molar-refractivity contribution is 5.41. The molecule has 1 aromatic carbocycles. The number of nitrogen functional groups attached to an aromatic ring is 1. The van der Waals surface area contributed by atoms with Gasteiger partial charge in [0.1, 0.15) is 5.82 Å². The molecule has 1 aromatic rings. The van der Waals surface area contributed by atoms with Gasteiger partial charge in [0.2, 0.25) is 0 Å². The van der Waals surface area contributed by atoms with Gasteiger partial charge in [0.15, 0.2) is 0 Å². The van der Waals surface area contributed by atoms with Crippen molar-refractivity contribution >= 4 is 5.69 Å². The van der Waals surface area contributed by atoms with Crippen molar-refractivity contribution in [1.82, 2.24) is 4.90 Å². The van der Waals surface area contributed by atoms with Crippen LogP contribution < -0.4 is 5.73 Å². The van der Waals surface area contributed by atoms with Gasteiger partial charge in [-0.05, 0) is 43.5 Å². The third kappa shape index (κ3) is 3.22. The number of anilines is 1. The molecule has 1 aliphatic heterocycles. The summed E-state index contributed by atoms with van der Waals surface area (Å²) in [4.78, 5) is 2.50. The minimum Gasteiger partial charge on any atom is -0.396 e. The van der Waals surface area contributed by atoms with Crippen LogP contribution in [0.3, 0.4) is 0 Å². The fourth-order valence-electron chi connectivity index (χ4n) is 2.81. The van der Waals surface area contributed by atoms with Crippen LogP contribution >= 0.6 is 0 Å². The number of nitrogens with zero attached hydrogens (tertiary/aromatic N) is 1. The minimum absolute atomic E-state index is 0.238. The maximum atomic E-state index is 13.4. The Kier molecular flexibility index (Phi) is 4.59. The van der Waals surface area contributed by atoms with E-state index < -0.39 is 0 Å². The highest BCUT2D eigenvalue weighted by atomic mass is 19.1. The Morgan fingerprint density at radius 1 is 1.33 bits per heavy atom. The predicted octanol–water partition coefficient (Wildman–Crippen LogP) is 3.56. The van der Waals surface area contributed by atoms with Gasteiger partial charge >= 0.3 is 0 Å². The Labute approximate surface area is 109 Å². The zero-order valence-electron chi connectivity index (χ0n) is 11.2. The van der Waals surface area contributed by atoms with E-state index in [0.717, 1.165) is 18.7 Å². The Bertz CT molecular complexity index is 392. The van der Waals surface area contributed by atoms with Crippen LogP contribution in [0.4, 0.5) is 10.1 Å². The van der Waals surface area contributed by atoms with Crippen molar-refractivity contribution in [3.05, 3.63) is 29.6 Å². The summed E-state index contributed by atoms with van der Waals surface area (Å²) in [5.41, 5.74) is 6.78. The van der Waals surface area contributed by atoms with E-state index >= 15 is 0 Å². The molecule has 3 heteroatoms. The molecule has 0 amide bonds. The summed E-state index contributed by atoms with van der Waals surface area (Å²) in [7, 11) is 0. The maximum Gasteiger partial charge on any atom is 0.146 e. The van der Waals surface area contributed by atoms with Crippen molar-refractivity contribution in [1.29, 1.82) is 0 Å². The summed E-state index contributed by atoms with van der Waals surface area (Å²) in [6, 6.07) is 5.83. The molecular weight excluding hydrogens is 227 g/mol. The molecular formula is C15H23FN2. The average molecular weight is 250 g/mol. The van der Waals surface area contributed by atoms with Crippen LogP contribution in [-0.2, 0) is 6.54 Å². The maximum absolute atomic E-state index is 13.4. The molecule has 1 aliphatic rings. The van der Waals surface area contributed by atoms with Crippen molar-refractivity contribution in [2.24, 2.45) is 0 Å². The second-order valence-corrected chi connectivity index (χ2v) is 5.24. The van der Waals surface area contributed by atoms with Gasteiger partial charge in [0, 0.05) is 12.6 Å². The molecule has 2 N–H and O–H groups in total. The van der Waals surface area contributed by atoms with Crippen LogP contribution in [0.5, 0.6) is 0 Å². The standard InChI is InChI=1S/C15H23FN2/c1-2-13-6-4-3-5-9-18(13)11-12-7-8-15(17)14(16)10-12/h7-8,10,13H,2-6,9,11,17H2,1H3. The van der Waals surface area contributed by atoms with Crippen LogP contribution in [0.25, 0.3) is 0 Å². The predicted molar refractivity (Wildman–Crippen MR) is 73.8 cm³/mol. The van der Waals surface area contributed by atoms with E-state index in [1.165, 1.54) is 32.1 Å². The first kappa shape index (κ1) is 13.3. The Hall–Kier alpha value is -1.09. The Balaban J connectivity index is 2.07. The zero-order chi connectivity index (χ0) is 13.0. The first-order valence-electron chi connectivity index (χ1n) is 6.98. The summed E-state index contributed by atoms with van der Waals surface area (Å²) in [6.45, 7) is 4.22. The van der Waals surface area contributed by atoms with Gasteiger partial charge in [-0.15, -0.1) is 0 Å². The Morgan fingerprint density at radius 3 is 2.89 bits per heavy atom. The lowest BCUT2D eigenvalue weighted by molar-refractivity contribution is 0.186. The zero-order valence-corrected chi connectivity index (χ0v) is 11.2. The average Bonchev–Trinajstić information content (AvgIpc) is 2.59. The topological polar surface area (TPSA) is 29.3 Å². The molecule has 18 heavy (non-hydrogen) atoms. The van der Waals surface area contributed by atoms with Crippen LogP contribution in [0.1, 0.15) is 44.6 Å². The molecule has 1 atom stereocenters. The molecule has 0 saturated carbocycles. The largest absolute Gasteiger partial charge is 0.396 e. The number of hydrogen-bond acceptors (Lipinski definition) is 2. The first-order valence-corrected chi connectivity index (χ1v) is 6.98. The van der Waals surface area contributed by atoms with Gasteiger partial charge in [0.05, 0.1) is 5.69 Å². The van der Waals surface area contributed by atoms with E-state index in [2.05, 4.69) is 11.8 Å². The van der Waals surface area contributed by atoms with Gasteiger partial charge < -0.3 is 5.73 Å². The summed E-state index contributed by atoms with van der Waals surface area (Å²) < 4.78 is 13.4. The van der Waals surface area contributed by atoms with Crippen molar-refractivity contribution in [3.8, 4) is 0 Å².